The number of H-pyrrole nitrogens is 1. The van der Waals surface area contributed by atoms with Gasteiger partial charge in [0.25, 0.3) is 6.29 Å². The molecule has 0 radical (unpaired) electrons. The molecule has 130 valence electrons. The van der Waals surface area contributed by atoms with E-state index in [1.807, 2.05) is 4.98 Å². The number of carbonyl (C=O) groups excluding carboxylic acids is 2. The number of hydrogen-bond donors (Lipinski definition) is 2. The molecular weight excluding hydrogens is 326 g/mol. The van der Waals surface area contributed by atoms with Gasteiger partial charge in [-0.05, 0) is 0 Å². The fourth-order valence-corrected chi connectivity index (χ4v) is 1.61. The minimum Gasteiger partial charge on any atom is -0.420 e. The predicted octanol–water partition coefficient (Wildman–Crippen LogP) is -2.52. The van der Waals surface area contributed by atoms with E-state index in [1.54, 1.807) is 0 Å². The van der Waals surface area contributed by atoms with Crippen LogP contribution in [0.25, 0.3) is 0 Å². The van der Waals surface area contributed by atoms with Gasteiger partial charge in [-0.1, -0.05) is 13.2 Å². The van der Waals surface area contributed by atoms with E-state index < -0.39 is 48.4 Å². The van der Waals surface area contributed by atoms with Crippen molar-refractivity contribution in [3.8, 4) is 0 Å². The summed E-state index contributed by atoms with van der Waals surface area (Å²) in [6.07, 6.45) is -0.0667. The summed E-state index contributed by atoms with van der Waals surface area (Å²) in [4.78, 5) is 59.8. The Bertz CT molecular complexity index is 794. The number of esters is 2. The Morgan fingerprint density at radius 3 is 2.04 bits per heavy atom. The smallest absolute Gasteiger partial charge is 0.336 e. The van der Waals surface area contributed by atoms with Gasteiger partial charge in [-0.3, -0.25) is 4.98 Å². The van der Waals surface area contributed by atoms with E-state index in [0.717, 1.165) is 12.2 Å². The number of aromatic nitrogens is 3. The number of hydrogen-bond acceptors (Lipinski definition) is 8. The number of nitrogens with zero attached hydrogens (tertiary/aromatic N) is 2. The van der Waals surface area contributed by atoms with Gasteiger partial charge in [-0.15, -0.1) is 0 Å². The summed E-state index contributed by atoms with van der Waals surface area (Å²) in [5.41, 5.74) is -3.20. The molecule has 0 saturated heterocycles. The van der Waals surface area contributed by atoms with Crippen molar-refractivity contribution in [1.29, 1.82) is 0 Å². The van der Waals surface area contributed by atoms with E-state index in [4.69, 9.17) is 14.6 Å². The van der Waals surface area contributed by atoms with Crippen LogP contribution in [0, 0.1) is 0 Å². The first kappa shape index (κ1) is 18.8. The molecule has 0 saturated carbocycles. The van der Waals surface area contributed by atoms with Crippen molar-refractivity contribution in [2.24, 2.45) is 0 Å². The summed E-state index contributed by atoms with van der Waals surface area (Å²) in [6, 6.07) is 0. The van der Waals surface area contributed by atoms with E-state index in [2.05, 4.69) is 13.2 Å². The van der Waals surface area contributed by atoms with E-state index in [9.17, 15) is 24.0 Å². The van der Waals surface area contributed by atoms with E-state index in [1.165, 1.54) is 0 Å². The highest BCUT2D eigenvalue weighted by Crippen LogP contribution is 2.00. The van der Waals surface area contributed by atoms with E-state index in [-0.39, 0.29) is 6.54 Å². The van der Waals surface area contributed by atoms with Crippen molar-refractivity contribution in [1.82, 2.24) is 14.1 Å². The van der Waals surface area contributed by atoms with Crippen molar-refractivity contribution in [3.05, 3.63) is 56.8 Å². The van der Waals surface area contributed by atoms with Crippen LogP contribution in [0.1, 0.15) is 0 Å². The van der Waals surface area contributed by atoms with Gasteiger partial charge in [-0.2, -0.15) is 0 Å². The molecule has 11 heteroatoms. The standard InChI is InChI=1S/C13H15N3O8/c1-3-8(18)23-10(24-9(19)4-2)7-16-12(21)14-11(20)15(5-6-17)13(16)22/h3-4,10,17H,1-2,5-7H2,(H,14,20,21). The van der Waals surface area contributed by atoms with Crippen LogP contribution < -0.4 is 17.1 Å². The molecule has 0 aliphatic rings. The lowest BCUT2D eigenvalue weighted by Crippen LogP contribution is -2.51. The summed E-state index contributed by atoms with van der Waals surface area (Å²) >= 11 is 0. The topological polar surface area (TPSA) is 150 Å². The molecule has 0 aliphatic heterocycles. The van der Waals surface area contributed by atoms with Crippen LogP contribution in [0.2, 0.25) is 0 Å². The SMILES string of the molecule is C=CC(=O)OC(Cn1c(=O)[nH]c(=O)n(CCO)c1=O)OC(=O)C=C. The summed E-state index contributed by atoms with van der Waals surface area (Å²) < 4.78 is 10.5. The van der Waals surface area contributed by atoms with Gasteiger partial charge in [0.1, 0.15) is 6.54 Å². The predicted molar refractivity (Wildman–Crippen MR) is 79.0 cm³/mol. The second-order valence-corrected chi connectivity index (χ2v) is 4.22. The summed E-state index contributed by atoms with van der Waals surface area (Å²) in [7, 11) is 0. The van der Waals surface area contributed by atoms with Gasteiger partial charge in [0.15, 0.2) is 0 Å². The lowest BCUT2D eigenvalue weighted by molar-refractivity contribution is -0.183. The Balaban J connectivity index is 3.26. The Morgan fingerprint density at radius 1 is 1.08 bits per heavy atom. The molecule has 2 N–H and O–H groups in total. The van der Waals surface area contributed by atoms with E-state index in [0.29, 0.717) is 9.13 Å². The zero-order valence-corrected chi connectivity index (χ0v) is 12.5. The van der Waals surface area contributed by atoms with Crippen molar-refractivity contribution in [3.63, 3.8) is 0 Å². The van der Waals surface area contributed by atoms with Gasteiger partial charge < -0.3 is 14.6 Å². The van der Waals surface area contributed by atoms with Crippen LogP contribution >= 0.6 is 0 Å². The van der Waals surface area contributed by atoms with Crippen LogP contribution in [-0.2, 0) is 32.2 Å². The van der Waals surface area contributed by atoms with Crippen molar-refractivity contribution < 1.29 is 24.2 Å². The number of aliphatic hydroxyl groups excluding tert-OH is 1. The molecule has 0 bridgehead atoms. The Labute approximate surface area is 134 Å². The van der Waals surface area contributed by atoms with Gasteiger partial charge in [0, 0.05) is 12.2 Å². The van der Waals surface area contributed by atoms with Crippen LogP contribution in [-0.4, -0.2) is 44.1 Å². The number of carbonyl (C=O) groups is 2. The van der Waals surface area contributed by atoms with Crippen LogP contribution in [0.15, 0.2) is 39.7 Å². The maximum absolute atomic E-state index is 12.1. The molecule has 0 aliphatic carbocycles. The number of aliphatic hydroxyl groups is 1. The van der Waals surface area contributed by atoms with Gasteiger partial charge in [0.2, 0.25) is 0 Å². The fraction of sp³-hybridized carbons (Fsp3) is 0.308. The molecule has 0 spiro atoms. The minimum atomic E-state index is -1.64. The molecule has 24 heavy (non-hydrogen) atoms. The zero-order valence-electron chi connectivity index (χ0n) is 12.5. The molecule has 0 aromatic carbocycles. The maximum atomic E-state index is 12.1. The molecule has 1 heterocycles. The highest BCUT2D eigenvalue weighted by molar-refractivity contribution is 5.82. The summed E-state index contributed by atoms with van der Waals surface area (Å²) in [5.74, 6) is -1.94. The first-order valence-electron chi connectivity index (χ1n) is 6.55. The average Bonchev–Trinajstić information content (AvgIpc) is 2.54. The second kappa shape index (κ2) is 8.43. The normalized spacial score (nSPS) is 10.2. The van der Waals surface area contributed by atoms with Gasteiger partial charge >= 0.3 is 29.0 Å². The molecule has 0 atom stereocenters. The van der Waals surface area contributed by atoms with Crippen molar-refractivity contribution in [2.45, 2.75) is 19.4 Å². The highest BCUT2D eigenvalue weighted by atomic mass is 16.7. The monoisotopic (exact) mass is 341 g/mol. The first-order valence-corrected chi connectivity index (χ1v) is 6.55. The second-order valence-electron chi connectivity index (χ2n) is 4.22. The first-order chi connectivity index (χ1) is 11.3. The molecule has 0 unspecified atom stereocenters. The lowest BCUT2D eigenvalue weighted by atomic mass is 10.5. The molecule has 1 aromatic heterocycles. The van der Waals surface area contributed by atoms with Crippen molar-refractivity contribution >= 4 is 11.9 Å². The van der Waals surface area contributed by atoms with E-state index >= 15 is 0 Å². The molecule has 11 nitrogen and oxygen atoms in total. The van der Waals surface area contributed by atoms with Crippen LogP contribution in [0.3, 0.4) is 0 Å². The van der Waals surface area contributed by atoms with Crippen molar-refractivity contribution in [2.75, 3.05) is 6.61 Å². The fourth-order valence-electron chi connectivity index (χ4n) is 1.61. The van der Waals surface area contributed by atoms with Crippen LogP contribution in [0.4, 0.5) is 0 Å². The lowest BCUT2D eigenvalue weighted by Gasteiger charge is -2.17. The number of nitrogens with one attached hydrogen (secondary N) is 1. The Kier molecular flexibility index (Phi) is 6.62. The third-order valence-corrected chi connectivity index (χ3v) is 2.65. The molecular formula is C13H15N3O8. The quantitative estimate of drug-likeness (QED) is 0.299. The highest BCUT2D eigenvalue weighted by Gasteiger charge is 2.21. The molecule has 0 fully saturated rings. The summed E-state index contributed by atoms with van der Waals surface area (Å²) in [5, 5.41) is 8.85. The Hall–Kier alpha value is -3.21. The van der Waals surface area contributed by atoms with Gasteiger partial charge in [0.05, 0.1) is 13.2 Å². The maximum Gasteiger partial charge on any atom is 0.336 e. The summed E-state index contributed by atoms with van der Waals surface area (Å²) in [6.45, 7) is 4.75. The molecule has 0 amide bonds. The van der Waals surface area contributed by atoms with Crippen LogP contribution in [0.5, 0.6) is 0 Å². The Morgan fingerprint density at radius 2 is 1.58 bits per heavy atom. The third-order valence-electron chi connectivity index (χ3n) is 2.65. The minimum absolute atomic E-state index is 0.363. The third kappa shape index (κ3) is 4.64. The number of ether oxygens (including phenoxy) is 2. The molecule has 1 aromatic rings. The zero-order chi connectivity index (χ0) is 18.3. The number of rotatable bonds is 8. The number of aromatic amines is 1. The van der Waals surface area contributed by atoms with Gasteiger partial charge in [-0.25, -0.2) is 33.1 Å². The average molecular weight is 341 g/mol. The molecule has 1 rings (SSSR count). The largest absolute Gasteiger partial charge is 0.420 e.